The predicted octanol–water partition coefficient (Wildman–Crippen LogP) is 2.36. The van der Waals surface area contributed by atoms with Gasteiger partial charge < -0.3 is 10.6 Å². The molecule has 0 aliphatic heterocycles. The smallest absolute Gasteiger partial charge is 0.311 e. The average molecular weight is 301 g/mol. The Morgan fingerprint density at radius 3 is 2.85 bits per heavy atom. The highest BCUT2D eigenvalue weighted by Gasteiger charge is 2.15. The van der Waals surface area contributed by atoms with Crippen molar-refractivity contribution >= 4 is 29.0 Å². The van der Waals surface area contributed by atoms with Crippen LogP contribution in [0.15, 0.2) is 12.1 Å². The molecule has 0 bridgehead atoms. The maximum Gasteiger partial charge on any atom is 0.311 e. The second kappa shape index (κ2) is 7.64. The second-order valence-corrected chi connectivity index (χ2v) is 4.70. The Morgan fingerprint density at radius 2 is 2.25 bits per heavy atom. The third kappa shape index (κ3) is 5.00. The van der Waals surface area contributed by atoms with E-state index in [0.717, 1.165) is 6.42 Å². The van der Waals surface area contributed by atoms with E-state index in [1.165, 1.54) is 12.1 Å². The van der Waals surface area contributed by atoms with Gasteiger partial charge in [0.1, 0.15) is 5.15 Å². The lowest BCUT2D eigenvalue weighted by Crippen LogP contribution is -2.33. The molecule has 1 amide bonds. The number of nitrogens with one attached hydrogen (secondary N) is 2. The molecule has 0 saturated heterocycles. The fraction of sp³-hybridized carbons (Fsp3) is 0.500. The summed E-state index contributed by atoms with van der Waals surface area (Å²) in [5.41, 5.74) is -0.170. The summed E-state index contributed by atoms with van der Waals surface area (Å²) >= 11 is 5.70. The van der Waals surface area contributed by atoms with Gasteiger partial charge in [-0.05, 0) is 19.4 Å². The van der Waals surface area contributed by atoms with E-state index < -0.39 is 4.92 Å². The molecule has 8 heteroatoms. The van der Waals surface area contributed by atoms with Gasteiger partial charge in [-0.1, -0.05) is 18.5 Å². The number of nitro groups is 1. The molecule has 1 aromatic heterocycles. The molecule has 0 saturated carbocycles. The molecule has 110 valence electrons. The van der Waals surface area contributed by atoms with Gasteiger partial charge in [0.15, 0.2) is 0 Å². The van der Waals surface area contributed by atoms with E-state index in [1.807, 2.05) is 13.8 Å². The minimum atomic E-state index is -0.551. The van der Waals surface area contributed by atoms with Gasteiger partial charge in [0, 0.05) is 25.1 Å². The summed E-state index contributed by atoms with van der Waals surface area (Å²) in [6.07, 6.45) is 1.05. The van der Waals surface area contributed by atoms with Crippen molar-refractivity contribution in [1.29, 1.82) is 0 Å². The number of rotatable bonds is 7. The molecule has 0 fully saturated rings. The third-order valence-corrected chi connectivity index (χ3v) is 2.91. The van der Waals surface area contributed by atoms with Crippen LogP contribution in [0.2, 0.25) is 5.15 Å². The Hall–Kier alpha value is -1.89. The van der Waals surface area contributed by atoms with E-state index >= 15 is 0 Å². The predicted molar refractivity (Wildman–Crippen MR) is 76.9 cm³/mol. The lowest BCUT2D eigenvalue weighted by molar-refractivity contribution is -0.384. The quantitative estimate of drug-likeness (QED) is 0.458. The Labute approximate surface area is 121 Å². The van der Waals surface area contributed by atoms with E-state index in [-0.39, 0.29) is 41.6 Å². The Morgan fingerprint density at radius 1 is 1.55 bits per heavy atom. The normalized spacial score (nSPS) is 11.8. The van der Waals surface area contributed by atoms with Crippen LogP contribution in [0, 0.1) is 10.1 Å². The summed E-state index contributed by atoms with van der Waals surface area (Å²) in [5.74, 6) is -0.0460. The Kier molecular flexibility index (Phi) is 6.17. The van der Waals surface area contributed by atoms with Crippen LogP contribution < -0.4 is 10.6 Å². The monoisotopic (exact) mass is 300 g/mol. The zero-order chi connectivity index (χ0) is 15.1. The summed E-state index contributed by atoms with van der Waals surface area (Å²) in [7, 11) is 0. The van der Waals surface area contributed by atoms with E-state index in [9.17, 15) is 14.9 Å². The van der Waals surface area contributed by atoms with Crippen LogP contribution in [-0.2, 0) is 4.79 Å². The van der Waals surface area contributed by atoms with Crippen LogP contribution in [0.1, 0.15) is 26.7 Å². The lowest BCUT2D eigenvalue weighted by atomic mass is 10.2. The summed E-state index contributed by atoms with van der Waals surface area (Å²) in [6, 6.07) is 2.73. The molecule has 0 spiro atoms. The second-order valence-electron chi connectivity index (χ2n) is 4.31. The van der Waals surface area contributed by atoms with Crippen LogP contribution in [-0.4, -0.2) is 28.4 Å². The zero-order valence-corrected chi connectivity index (χ0v) is 12.1. The summed E-state index contributed by atoms with van der Waals surface area (Å²) in [6.45, 7) is 4.13. The van der Waals surface area contributed by atoms with Crippen molar-refractivity contribution in [3.05, 3.63) is 27.4 Å². The molecule has 0 aliphatic rings. The number of halogens is 1. The van der Waals surface area contributed by atoms with Crippen LogP contribution >= 0.6 is 11.6 Å². The van der Waals surface area contributed by atoms with Crippen molar-refractivity contribution in [3.8, 4) is 0 Å². The molecule has 1 aromatic rings. The van der Waals surface area contributed by atoms with Crippen molar-refractivity contribution in [3.63, 3.8) is 0 Å². The van der Waals surface area contributed by atoms with Crippen molar-refractivity contribution in [2.75, 3.05) is 11.9 Å². The standard InChI is InChI=1S/C12H17ClN4O3/c1-3-8(2)15-11(18)6-7-14-12-9(17(19)20)4-5-10(13)16-12/h4-5,8H,3,6-7H2,1-2H3,(H,14,16)(H,15,18). The molecular weight excluding hydrogens is 284 g/mol. The fourth-order valence-electron chi connectivity index (χ4n) is 1.45. The van der Waals surface area contributed by atoms with Crippen LogP contribution in [0.5, 0.6) is 0 Å². The van der Waals surface area contributed by atoms with Gasteiger partial charge >= 0.3 is 5.69 Å². The van der Waals surface area contributed by atoms with Gasteiger partial charge in [0.2, 0.25) is 11.7 Å². The molecule has 0 aromatic carbocycles. The highest BCUT2D eigenvalue weighted by atomic mass is 35.5. The molecule has 2 N–H and O–H groups in total. The van der Waals surface area contributed by atoms with Gasteiger partial charge in [-0.25, -0.2) is 4.98 Å². The highest BCUT2D eigenvalue weighted by Crippen LogP contribution is 2.23. The number of nitrogens with zero attached hydrogens (tertiary/aromatic N) is 2. The van der Waals surface area contributed by atoms with Gasteiger partial charge in [0.05, 0.1) is 4.92 Å². The number of carbonyl (C=O) groups is 1. The molecule has 1 unspecified atom stereocenters. The topological polar surface area (TPSA) is 97.2 Å². The molecule has 0 radical (unpaired) electrons. The van der Waals surface area contributed by atoms with Crippen molar-refractivity contribution in [2.45, 2.75) is 32.7 Å². The largest absolute Gasteiger partial charge is 0.364 e. The first kappa shape index (κ1) is 16.2. The first-order valence-corrected chi connectivity index (χ1v) is 6.66. The maximum atomic E-state index is 11.6. The molecule has 1 heterocycles. The molecule has 0 aliphatic carbocycles. The third-order valence-electron chi connectivity index (χ3n) is 2.70. The van der Waals surface area contributed by atoms with Crippen molar-refractivity contribution in [2.24, 2.45) is 0 Å². The van der Waals surface area contributed by atoms with Gasteiger partial charge in [-0.2, -0.15) is 0 Å². The van der Waals surface area contributed by atoms with Gasteiger partial charge in [-0.15, -0.1) is 0 Å². The number of amides is 1. The number of anilines is 1. The number of aromatic nitrogens is 1. The van der Waals surface area contributed by atoms with Crippen molar-refractivity contribution in [1.82, 2.24) is 10.3 Å². The van der Waals surface area contributed by atoms with Crippen molar-refractivity contribution < 1.29 is 9.72 Å². The highest BCUT2D eigenvalue weighted by molar-refractivity contribution is 6.29. The molecule has 7 nitrogen and oxygen atoms in total. The van der Waals surface area contributed by atoms with Gasteiger partial charge in [0.25, 0.3) is 0 Å². The summed E-state index contributed by atoms with van der Waals surface area (Å²) < 4.78 is 0. The summed E-state index contributed by atoms with van der Waals surface area (Å²) in [4.78, 5) is 25.7. The molecule has 1 atom stereocenters. The minimum Gasteiger partial charge on any atom is -0.364 e. The average Bonchev–Trinajstić information content (AvgIpc) is 2.38. The first-order valence-electron chi connectivity index (χ1n) is 6.28. The number of hydrogen-bond acceptors (Lipinski definition) is 5. The number of pyridine rings is 1. The maximum absolute atomic E-state index is 11.6. The Bertz CT molecular complexity index is 496. The molecule has 20 heavy (non-hydrogen) atoms. The SMILES string of the molecule is CCC(C)NC(=O)CCNc1nc(Cl)ccc1[N+](=O)[O-]. The van der Waals surface area contributed by atoms with E-state index in [4.69, 9.17) is 11.6 Å². The summed E-state index contributed by atoms with van der Waals surface area (Å²) in [5, 5.41) is 16.5. The lowest BCUT2D eigenvalue weighted by Gasteiger charge is -2.11. The van der Waals surface area contributed by atoms with E-state index in [0.29, 0.717) is 0 Å². The van der Waals surface area contributed by atoms with Crippen LogP contribution in [0.3, 0.4) is 0 Å². The molecule has 1 rings (SSSR count). The Balaban J connectivity index is 2.55. The first-order chi connectivity index (χ1) is 9.43. The van der Waals surface area contributed by atoms with Crippen LogP contribution in [0.4, 0.5) is 11.5 Å². The van der Waals surface area contributed by atoms with E-state index in [2.05, 4.69) is 15.6 Å². The van der Waals surface area contributed by atoms with Crippen LogP contribution in [0.25, 0.3) is 0 Å². The number of hydrogen-bond donors (Lipinski definition) is 2. The van der Waals surface area contributed by atoms with Gasteiger partial charge in [-0.3, -0.25) is 14.9 Å². The number of carbonyl (C=O) groups excluding carboxylic acids is 1. The van der Waals surface area contributed by atoms with E-state index in [1.54, 1.807) is 0 Å². The minimum absolute atomic E-state index is 0.0684. The zero-order valence-electron chi connectivity index (χ0n) is 11.4. The molecular formula is C12H17ClN4O3. The fourth-order valence-corrected chi connectivity index (χ4v) is 1.60.